The summed E-state index contributed by atoms with van der Waals surface area (Å²) in [6.07, 6.45) is 1.18. The molecular formula is C17H28. The van der Waals surface area contributed by atoms with E-state index in [-0.39, 0.29) is 10.8 Å². The van der Waals surface area contributed by atoms with Gasteiger partial charge in [0.15, 0.2) is 0 Å². The molecule has 0 heterocycles. The van der Waals surface area contributed by atoms with Gasteiger partial charge in [-0.3, -0.25) is 0 Å². The minimum absolute atomic E-state index is 0.240. The van der Waals surface area contributed by atoms with Crippen LogP contribution in [0.3, 0.4) is 0 Å². The quantitative estimate of drug-likeness (QED) is 0.650. The number of hydrogen-bond acceptors (Lipinski definition) is 0. The molecule has 0 spiro atoms. The van der Waals surface area contributed by atoms with Crippen LogP contribution in [-0.2, 0) is 10.8 Å². The number of hydrogen-bond donors (Lipinski definition) is 0. The Kier molecular flexibility index (Phi) is 3.76. The zero-order valence-electron chi connectivity index (χ0n) is 12.9. The molecule has 0 fully saturated rings. The molecule has 0 bridgehead atoms. The Morgan fingerprint density at radius 1 is 0.824 bits per heavy atom. The van der Waals surface area contributed by atoms with Crippen LogP contribution in [0.15, 0.2) is 12.1 Å². The van der Waals surface area contributed by atoms with Gasteiger partial charge in [0, 0.05) is 0 Å². The van der Waals surface area contributed by atoms with Crippen LogP contribution in [-0.4, -0.2) is 0 Å². The van der Waals surface area contributed by atoms with E-state index in [0.29, 0.717) is 0 Å². The van der Waals surface area contributed by atoms with Crippen molar-refractivity contribution in [3.63, 3.8) is 0 Å². The Morgan fingerprint density at radius 2 is 1.24 bits per heavy atom. The third-order valence-corrected chi connectivity index (χ3v) is 3.99. The third-order valence-electron chi connectivity index (χ3n) is 3.99. The molecule has 96 valence electrons. The van der Waals surface area contributed by atoms with Crippen LogP contribution in [0.25, 0.3) is 0 Å². The molecule has 0 amide bonds. The first-order chi connectivity index (χ1) is 7.59. The highest BCUT2D eigenvalue weighted by atomic mass is 14.3. The van der Waals surface area contributed by atoms with E-state index in [9.17, 15) is 0 Å². The first-order valence-electron chi connectivity index (χ1n) is 6.72. The molecule has 0 atom stereocenters. The summed E-state index contributed by atoms with van der Waals surface area (Å²) < 4.78 is 0. The molecule has 0 heteroatoms. The molecule has 17 heavy (non-hydrogen) atoms. The Balaban J connectivity index is 3.38. The molecule has 0 aliphatic carbocycles. The summed E-state index contributed by atoms with van der Waals surface area (Å²) in [6, 6.07) is 4.79. The van der Waals surface area contributed by atoms with Gasteiger partial charge in [0.1, 0.15) is 0 Å². The monoisotopic (exact) mass is 232 g/mol. The summed E-state index contributed by atoms with van der Waals surface area (Å²) in [7, 11) is 0. The molecule has 0 aliphatic rings. The summed E-state index contributed by atoms with van der Waals surface area (Å²) in [6.45, 7) is 18.3. The van der Waals surface area contributed by atoms with Crippen molar-refractivity contribution in [2.75, 3.05) is 0 Å². The minimum atomic E-state index is 0.240. The molecule has 1 aromatic carbocycles. The summed E-state index contributed by atoms with van der Waals surface area (Å²) >= 11 is 0. The molecule has 0 unspecified atom stereocenters. The first kappa shape index (κ1) is 14.3. The standard InChI is InChI=1S/C17H28/c1-9-17(7,8)15-11-12(2)14(10-13(15)3)16(4,5)6/h10-11H,9H2,1-8H3. The van der Waals surface area contributed by atoms with E-state index in [0.717, 1.165) is 0 Å². The molecule has 1 rings (SSSR count). The molecule has 0 aliphatic heterocycles. The van der Waals surface area contributed by atoms with E-state index in [1.54, 1.807) is 0 Å². The van der Waals surface area contributed by atoms with Crippen molar-refractivity contribution in [1.29, 1.82) is 0 Å². The van der Waals surface area contributed by atoms with Crippen LogP contribution in [0.2, 0.25) is 0 Å². The van der Waals surface area contributed by atoms with Crippen molar-refractivity contribution >= 4 is 0 Å². The molecule has 0 N–H and O–H groups in total. The Morgan fingerprint density at radius 3 is 1.65 bits per heavy atom. The summed E-state index contributed by atoms with van der Waals surface area (Å²) in [5.74, 6) is 0. The maximum absolute atomic E-state index is 2.40. The zero-order valence-corrected chi connectivity index (χ0v) is 12.9. The van der Waals surface area contributed by atoms with Gasteiger partial charge in [-0.05, 0) is 53.4 Å². The third kappa shape index (κ3) is 2.91. The van der Waals surface area contributed by atoms with Crippen molar-refractivity contribution in [3.8, 4) is 0 Å². The van der Waals surface area contributed by atoms with Crippen molar-refractivity contribution in [2.24, 2.45) is 0 Å². The average molecular weight is 232 g/mol. The van der Waals surface area contributed by atoms with Crippen molar-refractivity contribution in [1.82, 2.24) is 0 Å². The largest absolute Gasteiger partial charge is 0.0646 e. The SMILES string of the molecule is CCC(C)(C)c1cc(C)c(C(C)(C)C)cc1C. The second kappa shape index (κ2) is 4.48. The van der Waals surface area contributed by atoms with Crippen LogP contribution < -0.4 is 0 Å². The topological polar surface area (TPSA) is 0 Å². The number of aryl methyl sites for hydroxylation is 2. The predicted molar refractivity (Wildman–Crippen MR) is 77.9 cm³/mol. The summed E-state index contributed by atoms with van der Waals surface area (Å²) in [4.78, 5) is 0. The van der Waals surface area contributed by atoms with Gasteiger partial charge in [-0.1, -0.05) is 53.7 Å². The van der Waals surface area contributed by atoms with E-state index < -0.39 is 0 Å². The molecule has 0 saturated heterocycles. The first-order valence-corrected chi connectivity index (χ1v) is 6.72. The lowest BCUT2D eigenvalue weighted by Crippen LogP contribution is -2.20. The highest BCUT2D eigenvalue weighted by molar-refractivity contribution is 5.43. The van der Waals surface area contributed by atoms with Gasteiger partial charge in [0.25, 0.3) is 0 Å². The Bertz CT molecular complexity index is 403. The van der Waals surface area contributed by atoms with Gasteiger partial charge >= 0.3 is 0 Å². The molecule has 0 saturated carbocycles. The van der Waals surface area contributed by atoms with Gasteiger partial charge in [0.05, 0.1) is 0 Å². The Hall–Kier alpha value is -0.780. The normalized spacial score (nSPS) is 12.9. The minimum Gasteiger partial charge on any atom is -0.0646 e. The molecule has 0 radical (unpaired) electrons. The van der Waals surface area contributed by atoms with Gasteiger partial charge in [-0.2, -0.15) is 0 Å². The second-order valence-electron chi connectivity index (χ2n) is 6.97. The van der Waals surface area contributed by atoms with Crippen LogP contribution in [0, 0.1) is 13.8 Å². The zero-order chi connectivity index (χ0) is 13.4. The van der Waals surface area contributed by atoms with E-state index >= 15 is 0 Å². The number of benzene rings is 1. The maximum Gasteiger partial charge on any atom is -0.0103 e. The fraction of sp³-hybridized carbons (Fsp3) is 0.647. The number of rotatable bonds is 2. The summed E-state index contributed by atoms with van der Waals surface area (Å²) in [5.41, 5.74) is 6.37. The van der Waals surface area contributed by atoms with Crippen LogP contribution in [0.4, 0.5) is 0 Å². The molecule has 1 aromatic rings. The Labute approximate surface area is 107 Å². The second-order valence-corrected chi connectivity index (χ2v) is 6.97. The van der Waals surface area contributed by atoms with Gasteiger partial charge < -0.3 is 0 Å². The van der Waals surface area contributed by atoms with E-state index in [2.05, 4.69) is 67.5 Å². The average Bonchev–Trinajstić information content (AvgIpc) is 2.19. The fourth-order valence-corrected chi connectivity index (χ4v) is 2.54. The predicted octanol–water partition coefficient (Wildman–Crippen LogP) is 5.29. The van der Waals surface area contributed by atoms with E-state index in [1.165, 1.54) is 28.7 Å². The lowest BCUT2D eigenvalue weighted by molar-refractivity contribution is 0.501. The van der Waals surface area contributed by atoms with Crippen molar-refractivity contribution in [2.45, 2.75) is 72.6 Å². The highest BCUT2D eigenvalue weighted by Crippen LogP contribution is 2.34. The smallest absolute Gasteiger partial charge is 0.0103 e. The van der Waals surface area contributed by atoms with Crippen molar-refractivity contribution < 1.29 is 0 Å². The maximum atomic E-state index is 2.40. The van der Waals surface area contributed by atoms with Gasteiger partial charge in [0.2, 0.25) is 0 Å². The molecular weight excluding hydrogens is 204 g/mol. The van der Waals surface area contributed by atoms with Gasteiger partial charge in [-0.25, -0.2) is 0 Å². The summed E-state index contributed by atoms with van der Waals surface area (Å²) in [5, 5.41) is 0. The lowest BCUT2D eigenvalue weighted by atomic mass is 9.75. The van der Waals surface area contributed by atoms with Crippen LogP contribution >= 0.6 is 0 Å². The van der Waals surface area contributed by atoms with E-state index in [4.69, 9.17) is 0 Å². The van der Waals surface area contributed by atoms with Crippen molar-refractivity contribution in [3.05, 3.63) is 34.4 Å². The van der Waals surface area contributed by atoms with Crippen LogP contribution in [0.5, 0.6) is 0 Å². The lowest BCUT2D eigenvalue weighted by Gasteiger charge is -2.29. The molecule has 0 aromatic heterocycles. The van der Waals surface area contributed by atoms with E-state index in [1.807, 2.05) is 0 Å². The molecule has 0 nitrogen and oxygen atoms in total. The van der Waals surface area contributed by atoms with Gasteiger partial charge in [-0.15, -0.1) is 0 Å². The fourth-order valence-electron chi connectivity index (χ4n) is 2.54. The highest BCUT2D eigenvalue weighted by Gasteiger charge is 2.23. The van der Waals surface area contributed by atoms with Crippen LogP contribution in [0.1, 0.15) is 70.2 Å².